The Kier molecular flexibility index (Phi) is 3.59. The summed E-state index contributed by atoms with van der Waals surface area (Å²) in [6, 6.07) is 2.20. The molecule has 3 aromatic rings. The lowest BCUT2D eigenvalue weighted by molar-refractivity contribution is 0.616. The third-order valence-corrected chi connectivity index (χ3v) is 5.72. The Hall–Kier alpha value is -2.09. The van der Waals surface area contributed by atoms with Crippen LogP contribution < -0.4 is 0 Å². The van der Waals surface area contributed by atoms with E-state index in [2.05, 4.69) is 61.5 Å². The van der Waals surface area contributed by atoms with E-state index in [-0.39, 0.29) is 0 Å². The van der Waals surface area contributed by atoms with Crippen LogP contribution in [-0.2, 0) is 0 Å². The van der Waals surface area contributed by atoms with E-state index >= 15 is 0 Å². The van der Waals surface area contributed by atoms with Crippen molar-refractivity contribution in [3.8, 4) is 11.5 Å². The topological polar surface area (TPSA) is 26.0 Å². The molecule has 2 nitrogen and oxygen atoms in total. The standard InChI is InChI=1S/C21H25NO/c1-10-9-18(15(6)12(3)11(10)2)21-22-19-16(7)13(4)14(5)17(8)20(19)23-21/h9H,1-8H3. The van der Waals surface area contributed by atoms with Crippen molar-refractivity contribution < 1.29 is 4.42 Å². The average Bonchev–Trinajstić information content (AvgIpc) is 2.97. The van der Waals surface area contributed by atoms with Crippen molar-refractivity contribution in [2.75, 3.05) is 0 Å². The molecule has 0 spiro atoms. The molecule has 120 valence electrons. The molecular weight excluding hydrogens is 282 g/mol. The molecule has 0 aliphatic rings. The van der Waals surface area contributed by atoms with Crippen molar-refractivity contribution in [2.45, 2.75) is 55.4 Å². The van der Waals surface area contributed by atoms with Gasteiger partial charge in [0.1, 0.15) is 5.52 Å². The Labute approximate surface area is 138 Å². The zero-order valence-electron chi connectivity index (χ0n) is 15.4. The predicted octanol–water partition coefficient (Wildman–Crippen LogP) is 5.96. The molecule has 0 aliphatic heterocycles. The van der Waals surface area contributed by atoms with E-state index in [0.717, 1.165) is 22.6 Å². The number of hydrogen-bond donors (Lipinski definition) is 0. The summed E-state index contributed by atoms with van der Waals surface area (Å²) in [4.78, 5) is 4.85. The largest absolute Gasteiger partial charge is 0.436 e. The van der Waals surface area contributed by atoms with Gasteiger partial charge in [-0.05, 0) is 106 Å². The predicted molar refractivity (Wildman–Crippen MR) is 97.3 cm³/mol. The summed E-state index contributed by atoms with van der Waals surface area (Å²) in [5.41, 5.74) is 13.3. The summed E-state index contributed by atoms with van der Waals surface area (Å²) in [5.74, 6) is 0.736. The number of aryl methyl sites for hydroxylation is 3. The first-order valence-corrected chi connectivity index (χ1v) is 8.18. The molecular formula is C21H25NO. The summed E-state index contributed by atoms with van der Waals surface area (Å²) in [7, 11) is 0. The van der Waals surface area contributed by atoms with Gasteiger partial charge in [0.2, 0.25) is 5.89 Å². The third kappa shape index (κ3) is 2.20. The van der Waals surface area contributed by atoms with Crippen LogP contribution >= 0.6 is 0 Å². The molecule has 0 atom stereocenters. The molecule has 23 heavy (non-hydrogen) atoms. The fourth-order valence-electron chi connectivity index (χ4n) is 3.29. The van der Waals surface area contributed by atoms with Crippen LogP contribution in [0.4, 0.5) is 0 Å². The van der Waals surface area contributed by atoms with Crippen LogP contribution in [0.25, 0.3) is 22.6 Å². The maximum absolute atomic E-state index is 6.22. The molecule has 2 heteroatoms. The number of fused-ring (bicyclic) bond motifs is 1. The van der Waals surface area contributed by atoms with E-state index in [0.29, 0.717) is 0 Å². The average molecular weight is 307 g/mol. The first kappa shape index (κ1) is 15.8. The molecule has 3 rings (SSSR count). The summed E-state index contributed by atoms with van der Waals surface area (Å²) in [6.07, 6.45) is 0. The second-order valence-corrected chi connectivity index (χ2v) is 6.81. The minimum atomic E-state index is 0.736. The monoisotopic (exact) mass is 307 g/mol. The summed E-state index contributed by atoms with van der Waals surface area (Å²) in [5, 5.41) is 0. The van der Waals surface area contributed by atoms with Crippen molar-refractivity contribution in [3.63, 3.8) is 0 Å². The van der Waals surface area contributed by atoms with Crippen LogP contribution in [0.2, 0.25) is 0 Å². The maximum Gasteiger partial charge on any atom is 0.227 e. The highest BCUT2D eigenvalue weighted by atomic mass is 16.3. The van der Waals surface area contributed by atoms with Crippen molar-refractivity contribution >= 4 is 11.1 Å². The van der Waals surface area contributed by atoms with Gasteiger partial charge in [-0.15, -0.1) is 0 Å². The van der Waals surface area contributed by atoms with Gasteiger partial charge in [-0.1, -0.05) is 0 Å². The van der Waals surface area contributed by atoms with Crippen molar-refractivity contribution in [1.29, 1.82) is 0 Å². The zero-order chi connectivity index (χ0) is 17.0. The van der Waals surface area contributed by atoms with E-state index in [4.69, 9.17) is 9.40 Å². The lowest BCUT2D eigenvalue weighted by Gasteiger charge is -2.11. The molecule has 0 aliphatic carbocycles. The fourth-order valence-corrected chi connectivity index (χ4v) is 3.29. The van der Waals surface area contributed by atoms with Crippen LogP contribution in [-0.4, -0.2) is 4.98 Å². The highest BCUT2D eigenvalue weighted by Crippen LogP contribution is 2.35. The number of benzene rings is 2. The van der Waals surface area contributed by atoms with Gasteiger partial charge in [-0.3, -0.25) is 0 Å². The number of aromatic nitrogens is 1. The minimum absolute atomic E-state index is 0.736. The first-order chi connectivity index (χ1) is 10.7. The number of rotatable bonds is 1. The third-order valence-electron chi connectivity index (χ3n) is 5.72. The molecule has 0 amide bonds. The molecule has 1 heterocycles. The minimum Gasteiger partial charge on any atom is -0.436 e. The number of oxazole rings is 1. The molecule has 0 radical (unpaired) electrons. The molecule has 0 saturated heterocycles. The zero-order valence-corrected chi connectivity index (χ0v) is 15.4. The maximum atomic E-state index is 6.22. The Balaban J connectivity index is 2.36. The molecule has 0 saturated carbocycles. The molecule has 1 aromatic heterocycles. The molecule has 2 aromatic carbocycles. The van der Waals surface area contributed by atoms with E-state index in [1.165, 1.54) is 44.5 Å². The van der Waals surface area contributed by atoms with Crippen molar-refractivity contribution in [2.24, 2.45) is 0 Å². The van der Waals surface area contributed by atoms with Crippen molar-refractivity contribution in [1.82, 2.24) is 4.98 Å². The van der Waals surface area contributed by atoms with Crippen LogP contribution in [0.3, 0.4) is 0 Å². The van der Waals surface area contributed by atoms with Gasteiger partial charge >= 0.3 is 0 Å². The lowest BCUT2D eigenvalue weighted by Crippen LogP contribution is -1.94. The Morgan fingerprint density at radius 1 is 0.652 bits per heavy atom. The SMILES string of the molecule is Cc1cc(-c2nc3c(C)c(C)c(C)c(C)c3o2)c(C)c(C)c1C. The Morgan fingerprint density at radius 3 is 1.87 bits per heavy atom. The van der Waals surface area contributed by atoms with E-state index in [1.54, 1.807) is 0 Å². The molecule has 0 bridgehead atoms. The molecule has 0 N–H and O–H groups in total. The van der Waals surface area contributed by atoms with E-state index in [1.807, 2.05) is 0 Å². The van der Waals surface area contributed by atoms with Gasteiger partial charge in [0.05, 0.1) is 0 Å². The Bertz CT molecular complexity index is 900. The lowest BCUT2D eigenvalue weighted by atomic mass is 9.94. The van der Waals surface area contributed by atoms with Crippen molar-refractivity contribution in [3.05, 3.63) is 50.6 Å². The molecule has 0 fully saturated rings. The van der Waals surface area contributed by atoms with Gasteiger partial charge in [0, 0.05) is 5.56 Å². The van der Waals surface area contributed by atoms with Gasteiger partial charge in [0.15, 0.2) is 5.58 Å². The second-order valence-electron chi connectivity index (χ2n) is 6.81. The van der Waals surface area contributed by atoms with Crippen LogP contribution in [0.15, 0.2) is 10.5 Å². The van der Waals surface area contributed by atoms with Gasteiger partial charge in [0.25, 0.3) is 0 Å². The first-order valence-electron chi connectivity index (χ1n) is 8.18. The molecule has 0 unspecified atom stereocenters. The van der Waals surface area contributed by atoms with Gasteiger partial charge in [-0.25, -0.2) is 4.98 Å². The quantitative estimate of drug-likeness (QED) is 0.554. The van der Waals surface area contributed by atoms with Crippen LogP contribution in [0.1, 0.15) is 44.5 Å². The van der Waals surface area contributed by atoms with Gasteiger partial charge in [-0.2, -0.15) is 0 Å². The van der Waals surface area contributed by atoms with Gasteiger partial charge < -0.3 is 4.42 Å². The Morgan fingerprint density at radius 2 is 1.22 bits per heavy atom. The normalized spacial score (nSPS) is 11.5. The highest BCUT2D eigenvalue weighted by molar-refractivity contribution is 5.85. The van der Waals surface area contributed by atoms with Crippen LogP contribution in [0.5, 0.6) is 0 Å². The highest BCUT2D eigenvalue weighted by Gasteiger charge is 2.18. The smallest absolute Gasteiger partial charge is 0.227 e. The number of nitrogens with zero attached hydrogens (tertiary/aromatic N) is 1. The summed E-state index contributed by atoms with van der Waals surface area (Å²) < 4.78 is 6.22. The van der Waals surface area contributed by atoms with E-state index < -0.39 is 0 Å². The van der Waals surface area contributed by atoms with Crippen LogP contribution in [0, 0.1) is 55.4 Å². The fraction of sp³-hybridized carbons (Fsp3) is 0.381. The number of hydrogen-bond acceptors (Lipinski definition) is 2. The summed E-state index contributed by atoms with van der Waals surface area (Å²) in [6.45, 7) is 17.2. The second kappa shape index (κ2) is 5.23. The summed E-state index contributed by atoms with van der Waals surface area (Å²) >= 11 is 0. The van der Waals surface area contributed by atoms with E-state index in [9.17, 15) is 0 Å².